The topological polar surface area (TPSA) is 74.3 Å². The van der Waals surface area contributed by atoms with Gasteiger partial charge in [0.25, 0.3) is 5.88 Å². The fourth-order valence-corrected chi connectivity index (χ4v) is 5.61. The maximum absolute atomic E-state index is 12.6. The first-order chi connectivity index (χ1) is 18.1. The van der Waals surface area contributed by atoms with E-state index in [2.05, 4.69) is 39.7 Å². The predicted molar refractivity (Wildman–Crippen MR) is 139 cm³/mol. The molecule has 38 heavy (non-hydrogen) atoms. The van der Waals surface area contributed by atoms with Gasteiger partial charge < -0.3 is 23.9 Å². The first kappa shape index (κ1) is 25.9. The molecular weight excluding hydrogens is 497 g/mol. The summed E-state index contributed by atoms with van der Waals surface area (Å²) in [5.74, 6) is 2.60. The van der Waals surface area contributed by atoms with Crippen molar-refractivity contribution in [2.45, 2.75) is 59.4 Å². The summed E-state index contributed by atoms with van der Waals surface area (Å²) in [5.41, 5.74) is 4.05. The molecule has 7 nitrogen and oxygen atoms in total. The molecule has 0 radical (unpaired) electrons. The van der Waals surface area contributed by atoms with Crippen molar-refractivity contribution < 1.29 is 27.2 Å². The minimum atomic E-state index is -4.74. The zero-order valence-corrected chi connectivity index (χ0v) is 21.8. The Kier molecular flexibility index (Phi) is 6.98. The summed E-state index contributed by atoms with van der Waals surface area (Å²) in [6.07, 6.45) is -1.52. The highest BCUT2D eigenvalue weighted by Crippen LogP contribution is 2.41. The second-order valence-electron chi connectivity index (χ2n) is 10.1. The van der Waals surface area contributed by atoms with Crippen molar-refractivity contribution in [1.29, 1.82) is 0 Å². The van der Waals surface area contributed by atoms with E-state index in [9.17, 15) is 13.2 Å². The van der Waals surface area contributed by atoms with Crippen molar-refractivity contribution in [2.75, 3.05) is 11.9 Å². The van der Waals surface area contributed by atoms with Crippen LogP contribution in [0.15, 0.2) is 47.0 Å². The number of aryl methyl sites for hydroxylation is 1. The maximum atomic E-state index is 12.6. The number of fused-ring (bicyclic) bond motifs is 1. The van der Waals surface area contributed by atoms with E-state index in [1.54, 1.807) is 12.1 Å². The molecule has 202 valence electrons. The molecule has 2 aromatic carbocycles. The number of nitrogens with one attached hydrogen (secondary N) is 1. The normalized spacial score (nSPS) is 20.0. The van der Waals surface area contributed by atoms with Gasteiger partial charge in [0, 0.05) is 11.7 Å². The second kappa shape index (κ2) is 10.2. The Labute approximate surface area is 218 Å². The SMILES string of the molecule is CCOc1noc(C)c1-c1ccc2c(c1)nc(Nc1ccc(OC(F)(F)F)cc1)n2C1CC(C)CC(C)C1. The molecule has 10 heteroatoms. The van der Waals surface area contributed by atoms with E-state index in [0.29, 0.717) is 41.7 Å². The highest BCUT2D eigenvalue weighted by Gasteiger charge is 2.31. The summed E-state index contributed by atoms with van der Waals surface area (Å²) < 4.78 is 55.1. The standard InChI is InChI=1S/C28H31F3N4O3/c1-5-36-26-25(18(4)38-34-26)19-6-11-24-23(15-19)33-27(35(24)21-13-16(2)12-17(3)14-21)32-20-7-9-22(10-8-20)37-28(29,30)31/h6-11,15-17,21H,5,12-14H2,1-4H3,(H,32,33). The smallest absolute Gasteiger partial charge is 0.475 e. The van der Waals surface area contributed by atoms with Gasteiger partial charge in [-0.3, -0.25) is 0 Å². The number of aromatic nitrogens is 3. The van der Waals surface area contributed by atoms with Crippen LogP contribution in [0.1, 0.15) is 51.8 Å². The highest BCUT2D eigenvalue weighted by molar-refractivity contribution is 5.86. The fourth-order valence-electron chi connectivity index (χ4n) is 5.61. The van der Waals surface area contributed by atoms with Crippen LogP contribution in [0, 0.1) is 18.8 Å². The lowest BCUT2D eigenvalue weighted by Crippen LogP contribution is -2.23. The Morgan fingerprint density at radius 3 is 2.42 bits per heavy atom. The number of hydrogen-bond donors (Lipinski definition) is 1. The summed E-state index contributed by atoms with van der Waals surface area (Å²) in [6.45, 7) is 8.75. The van der Waals surface area contributed by atoms with E-state index < -0.39 is 6.36 Å². The van der Waals surface area contributed by atoms with Crippen LogP contribution < -0.4 is 14.8 Å². The monoisotopic (exact) mass is 528 g/mol. The molecule has 4 aromatic rings. The Bertz CT molecular complexity index is 1400. The van der Waals surface area contributed by atoms with Gasteiger partial charge in [-0.25, -0.2) is 4.98 Å². The first-order valence-electron chi connectivity index (χ1n) is 12.9. The second-order valence-corrected chi connectivity index (χ2v) is 10.1. The van der Waals surface area contributed by atoms with Crippen molar-refractivity contribution in [1.82, 2.24) is 14.7 Å². The zero-order chi connectivity index (χ0) is 27.0. The average molecular weight is 529 g/mol. The lowest BCUT2D eigenvalue weighted by molar-refractivity contribution is -0.274. The summed E-state index contributed by atoms with van der Waals surface area (Å²) in [6, 6.07) is 12.0. The number of ether oxygens (including phenoxy) is 2. The third kappa shape index (κ3) is 5.44. The molecule has 1 N–H and O–H groups in total. The number of halogens is 3. The molecule has 5 rings (SSSR count). The summed E-state index contributed by atoms with van der Waals surface area (Å²) in [5, 5.41) is 7.38. The van der Waals surface area contributed by atoms with E-state index >= 15 is 0 Å². The molecule has 2 heterocycles. The number of nitrogens with zero attached hydrogens (tertiary/aromatic N) is 3. The predicted octanol–water partition coefficient (Wildman–Crippen LogP) is 8.04. The number of alkyl halides is 3. The lowest BCUT2D eigenvalue weighted by atomic mass is 9.80. The molecule has 0 aliphatic heterocycles. The van der Waals surface area contributed by atoms with Crippen LogP contribution in [-0.4, -0.2) is 27.7 Å². The molecule has 0 saturated heterocycles. The van der Waals surface area contributed by atoms with Crippen LogP contribution in [0.5, 0.6) is 11.6 Å². The van der Waals surface area contributed by atoms with Gasteiger partial charge in [0.2, 0.25) is 5.95 Å². The Balaban J connectivity index is 1.55. The minimum absolute atomic E-state index is 0.233. The summed E-state index contributed by atoms with van der Waals surface area (Å²) in [7, 11) is 0. The van der Waals surface area contributed by atoms with Gasteiger partial charge in [0.05, 0.1) is 23.2 Å². The number of benzene rings is 2. The van der Waals surface area contributed by atoms with Crippen molar-refractivity contribution in [3.8, 4) is 22.8 Å². The molecule has 1 aliphatic rings. The van der Waals surface area contributed by atoms with E-state index in [1.807, 2.05) is 26.0 Å². The van der Waals surface area contributed by atoms with Crippen molar-refractivity contribution in [3.63, 3.8) is 0 Å². The number of anilines is 2. The number of hydrogen-bond acceptors (Lipinski definition) is 6. The van der Waals surface area contributed by atoms with Gasteiger partial charge in [-0.2, -0.15) is 0 Å². The van der Waals surface area contributed by atoms with Gasteiger partial charge in [-0.1, -0.05) is 19.9 Å². The molecule has 0 bridgehead atoms. The van der Waals surface area contributed by atoms with Crippen LogP contribution >= 0.6 is 0 Å². The fraction of sp³-hybridized carbons (Fsp3) is 0.429. The van der Waals surface area contributed by atoms with Gasteiger partial charge >= 0.3 is 6.36 Å². The third-order valence-corrected chi connectivity index (χ3v) is 6.95. The Morgan fingerprint density at radius 1 is 1.05 bits per heavy atom. The van der Waals surface area contributed by atoms with Crippen LogP contribution in [0.4, 0.5) is 24.8 Å². The van der Waals surface area contributed by atoms with Crippen LogP contribution in [-0.2, 0) is 0 Å². The highest BCUT2D eigenvalue weighted by atomic mass is 19.4. The number of rotatable bonds is 7. The van der Waals surface area contributed by atoms with Crippen LogP contribution in [0.25, 0.3) is 22.2 Å². The van der Waals surface area contributed by atoms with E-state index in [-0.39, 0.29) is 11.8 Å². The van der Waals surface area contributed by atoms with E-state index in [1.165, 1.54) is 18.6 Å². The maximum Gasteiger partial charge on any atom is 0.573 e. The van der Waals surface area contributed by atoms with Gasteiger partial charge in [0.1, 0.15) is 11.5 Å². The first-order valence-corrected chi connectivity index (χ1v) is 12.9. The van der Waals surface area contributed by atoms with Gasteiger partial charge in [-0.05, 0) is 92.1 Å². The molecule has 0 spiro atoms. The molecule has 0 amide bonds. The largest absolute Gasteiger partial charge is 0.573 e. The molecule has 1 aliphatic carbocycles. The van der Waals surface area contributed by atoms with Gasteiger partial charge in [-0.15, -0.1) is 13.2 Å². The third-order valence-electron chi connectivity index (χ3n) is 6.95. The average Bonchev–Trinajstić information content (AvgIpc) is 3.38. The van der Waals surface area contributed by atoms with Gasteiger partial charge in [0.15, 0.2) is 0 Å². The molecule has 1 saturated carbocycles. The van der Waals surface area contributed by atoms with Crippen molar-refractivity contribution >= 4 is 22.7 Å². The molecule has 2 aromatic heterocycles. The summed E-state index contributed by atoms with van der Waals surface area (Å²) in [4.78, 5) is 4.94. The molecule has 2 atom stereocenters. The Hall–Kier alpha value is -3.69. The summed E-state index contributed by atoms with van der Waals surface area (Å²) >= 11 is 0. The minimum Gasteiger partial charge on any atom is -0.475 e. The van der Waals surface area contributed by atoms with Crippen LogP contribution in [0.2, 0.25) is 0 Å². The molecular formula is C28H31F3N4O3. The number of imidazole rings is 1. The lowest BCUT2D eigenvalue weighted by Gasteiger charge is -2.33. The molecule has 2 unspecified atom stereocenters. The Morgan fingerprint density at radius 2 is 1.76 bits per heavy atom. The molecule has 1 fully saturated rings. The van der Waals surface area contributed by atoms with E-state index in [0.717, 1.165) is 35.0 Å². The quantitative estimate of drug-likeness (QED) is 0.262. The van der Waals surface area contributed by atoms with E-state index in [4.69, 9.17) is 14.2 Å². The van der Waals surface area contributed by atoms with Crippen LogP contribution in [0.3, 0.4) is 0 Å². The van der Waals surface area contributed by atoms with Crippen molar-refractivity contribution in [3.05, 3.63) is 48.2 Å². The van der Waals surface area contributed by atoms with Crippen molar-refractivity contribution in [2.24, 2.45) is 11.8 Å². The zero-order valence-electron chi connectivity index (χ0n) is 21.8.